The molecule has 0 heterocycles. The standard InChI is InChI=1S/C17H20ClNO2/c1-12(2)21-16-7-3-13(4-8-16)17(19)11-20-15-9-5-14(18)6-10-15/h3-10,12,17H,11,19H2,1-2H3. The molecule has 0 aliphatic rings. The lowest BCUT2D eigenvalue weighted by molar-refractivity contribution is 0.242. The highest BCUT2D eigenvalue weighted by atomic mass is 35.5. The van der Waals surface area contributed by atoms with Crippen LogP contribution >= 0.6 is 11.6 Å². The summed E-state index contributed by atoms with van der Waals surface area (Å²) >= 11 is 5.83. The fourth-order valence-corrected chi connectivity index (χ4v) is 2.00. The predicted octanol–water partition coefficient (Wildman–Crippen LogP) is 4.21. The molecule has 2 aromatic carbocycles. The topological polar surface area (TPSA) is 44.5 Å². The van der Waals surface area contributed by atoms with Crippen LogP contribution in [-0.4, -0.2) is 12.7 Å². The van der Waals surface area contributed by atoms with Gasteiger partial charge in [0.1, 0.15) is 18.1 Å². The van der Waals surface area contributed by atoms with Gasteiger partial charge in [0.25, 0.3) is 0 Å². The molecule has 21 heavy (non-hydrogen) atoms. The van der Waals surface area contributed by atoms with Gasteiger partial charge in [0.2, 0.25) is 0 Å². The molecule has 0 aliphatic carbocycles. The van der Waals surface area contributed by atoms with Gasteiger partial charge in [-0.1, -0.05) is 23.7 Å². The zero-order valence-corrected chi connectivity index (χ0v) is 13.0. The molecule has 4 heteroatoms. The average molecular weight is 306 g/mol. The number of hydrogen-bond donors (Lipinski definition) is 1. The van der Waals surface area contributed by atoms with Crippen LogP contribution in [0.3, 0.4) is 0 Å². The van der Waals surface area contributed by atoms with E-state index in [1.165, 1.54) is 0 Å². The Bertz CT molecular complexity index is 552. The molecule has 1 atom stereocenters. The fourth-order valence-electron chi connectivity index (χ4n) is 1.88. The van der Waals surface area contributed by atoms with E-state index < -0.39 is 0 Å². The van der Waals surface area contributed by atoms with Gasteiger partial charge in [0.05, 0.1) is 12.1 Å². The second-order valence-corrected chi connectivity index (χ2v) is 5.54. The van der Waals surface area contributed by atoms with E-state index in [4.69, 9.17) is 26.8 Å². The lowest BCUT2D eigenvalue weighted by Crippen LogP contribution is -2.19. The van der Waals surface area contributed by atoms with Crippen molar-refractivity contribution in [3.8, 4) is 11.5 Å². The highest BCUT2D eigenvalue weighted by Gasteiger charge is 2.08. The van der Waals surface area contributed by atoms with Gasteiger partial charge >= 0.3 is 0 Å². The molecule has 0 aliphatic heterocycles. The van der Waals surface area contributed by atoms with Gasteiger partial charge in [-0.05, 0) is 55.8 Å². The maximum atomic E-state index is 6.13. The van der Waals surface area contributed by atoms with Gasteiger partial charge in [-0.25, -0.2) is 0 Å². The van der Waals surface area contributed by atoms with Crippen LogP contribution in [0, 0.1) is 0 Å². The third kappa shape index (κ3) is 4.96. The van der Waals surface area contributed by atoms with Gasteiger partial charge < -0.3 is 15.2 Å². The predicted molar refractivity (Wildman–Crippen MR) is 86.1 cm³/mol. The van der Waals surface area contributed by atoms with Crippen LogP contribution in [0.1, 0.15) is 25.5 Å². The van der Waals surface area contributed by atoms with E-state index in [1.54, 1.807) is 12.1 Å². The van der Waals surface area contributed by atoms with Crippen molar-refractivity contribution in [3.63, 3.8) is 0 Å². The van der Waals surface area contributed by atoms with E-state index in [1.807, 2.05) is 50.2 Å². The van der Waals surface area contributed by atoms with E-state index in [-0.39, 0.29) is 12.1 Å². The molecule has 0 saturated carbocycles. The van der Waals surface area contributed by atoms with Crippen LogP contribution in [0.2, 0.25) is 5.02 Å². The Hall–Kier alpha value is -1.71. The van der Waals surface area contributed by atoms with Gasteiger partial charge in [-0.15, -0.1) is 0 Å². The van der Waals surface area contributed by atoms with Gasteiger partial charge in [-0.3, -0.25) is 0 Å². The summed E-state index contributed by atoms with van der Waals surface area (Å²) in [5.74, 6) is 1.61. The molecule has 2 N–H and O–H groups in total. The van der Waals surface area contributed by atoms with Gasteiger partial charge in [-0.2, -0.15) is 0 Å². The normalized spacial score (nSPS) is 12.2. The summed E-state index contributed by atoms with van der Waals surface area (Å²) < 4.78 is 11.3. The van der Waals surface area contributed by atoms with Crippen molar-refractivity contribution >= 4 is 11.6 Å². The first-order valence-corrected chi connectivity index (χ1v) is 7.33. The quantitative estimate of drug-likeness (QED) is 0.869. The van der Waals surface area contributed by atoms with Crippen molar-refractivity contribution < 1.29 is 9.47 Å². The number of ether oxygens (including phenoxy) is 2. The van der Waals surface area contributed by atoms with E-state index in [0.29, 0.717) is 11.6 Å². The lowest BCUT2D eigenvalue weighted by Gasteiger charge is -2.15. The highest BCUT2D eigenvalue weighted by Crippen LogP contribution is 2.20. The Kier molecular flexibility index (Phi) is 5.48. The average Bonchev–Trinajstić information content (AvgIpc) is 2.46. The van der Waals surface area contributed by atoms with Crippen LogP contribution < -0.4 is 15.2 Å². The SMILES string of the molecule is CC(C)Oc1ccc(C(N)COc2ccc(Cl)cc2)cc1. The van der Waals surface area contributed by atoms with Crippen molar-refractivity contribution in [1.82, 2.24) is 0 Å². The minimum Gasteiger partial charge on any atom is -0.492 e. The fraction of sp³-hybridized carbons (Fsp3) is 0.294. The molecular weight excluding hydrogens is 286 g/mol. The van der Waals surface area contributed by atoms with Gasteiger partial charge in [0.15, 0.2) is 0 Å². The zero-order valence-electron chi connectivity index (χ0n) is 12.3. The molecule has 112 valence electrons. The van der Waals surface area contributed by atoms with Crippen molar-refractivity contribution in [2.75, 3.05) is 6.61 Å². The Morgan fingerprint density at radius 2 is 1.52 bits per heavy atom. The maximum absolute atomic E-state index is 6.13. The zero-order chi connectivity index (χ0) is 15.2. The summed E-state index contributed by atoms with van der Waals surface area (Å²) in [5.41, 5.74) is 7.15. The molecule has 0 amide bonds. The Labute approximate surface area is 130 Å². The van der Waals surface area contributed by atoms with Crippen LogP contribution in [0.15, 0.2) is 48.5 Å². The molecule has 0 spiro atoms. The number of rotatable bonds is 6. The minimum absolute atomic E-state index is 0.165. The van der Waals surface area contributed by atoms with E-state index in [0.717, 1.165) is 17.1 Å². The monoisotopic (exact) mass is 305 g/mol. The van der Waals surface area contributed by atoms with Crippen molar-refractivity contribution in [3.05, 3.63) is 59.1 Å². The Morgan fingerprint density at radius 1 is 0.952 bits per heavy atom. The third-order valence-corrected chi connectivity index (χ3v) is 3.18. The molecular formula is C17H20ClNO2. The molecule has 0 aromatic heterocycles. The molecule has 0 radical (unpaired) electrons. The molecule has 2 aromatic rings. The molecule has 0 saturated heterocycles. The van der Waals surface area contributed by atoms with Crippen LogP contribution in [0.25, 0.3) is 0 Å². The van der Waals surface area contributed by atoms with Crippen LogP contribution in [0.5, 0.6) is 11.5 Å². The van der Waals surface area contributed by atoms with Crippen molar-refractivity contribution in [2.45, 2.75) is 26.0 Å². The maximum Gasteiger partial charge on any atom is 0.119 e. The summed E-state index contributed by atoms with van der Waals surface area (Å²) in [5, 5.41) is 0.687. The summed E-state index contributed by atoms with van der Waals surface area (Å²) in [4.78, 5) is 0. The van der Waals surface area contributed by atoms with E-state index in [2.05, 4.69) is 0 Å². The number of halogens is 1. The van der Waals surface area contributed by atoms with Gasteiger partial charge in [0, 0.05) is 5.02 Å². The third-order valence-electron chi connectivity index (χ3n) is 2.92. The van der Waals surface area contributed by atoms with Crippen LogP contribution in [0.4, 0.5) is 0 Å². The first kappa shape index (κ1) is 15.7. The summed E-state index contributed by atoms with van der Waals surface area (Å²) in [6.07, 6.45) is 0.165. The second-order valence-electron chi connectivity index (χ2n) is 5.11. The Morgan fingerprint density at radius 3 is 2.10 bits per heavy atom. The first-order chi connectivity index (χ1) is 10.0. The van der Waals surface area contributed by atoms with E-state index >= 15 is 0 Å². The first-order valence-electron chi connectivity index (χ1n) is 6.95. The summed E-state index contributed by atoms with van der Waals surface area (Å²) in [6.45, 7) is 4.41. The number of nitrogens with two attached hydrogens (primary N) is 1. The van der Waals surface area contributed by atoms with E-state index in [9.17, 15) is 0 Å². The molecule has 1 unspecified atom stereocenters. The largest absolute Gasteiger partial charge is 0.492 e. The van der Waals surface area contributed by atoms with Crippen LogP contribution in [-0.2, 0) is 0 Å². The second kappa shape index (κ2) is 7.34. The van der Waals surface area contributed by atoms with Crippen molar-refractivity contribution in [1.29, 1.82) is 0 Å². The summed E-state index contributed by atoms with van der Waals surface area (Å²) in [7, 11) is 0. The van der Waals surface area contributed by atoms with Crippen molar-refractivity contribution in [2.24, 2.45) is 5.73 Å². The minimum atomic E-state index is -0.186. The smallest absolute Gasteiger partial charge is 0.119 e. The lowest BCUT2D eigenvalue weighted by atomic mass is 10.1. The molecule has 0 bridgehead atoms. The molecule has 3 nitrogen and oxygen atoms in total. The molecule has 2 rings (SSSR count). The number of hydrogen-bond acceptors (Lipinski definition) is 3. The number of benzene rings is 2. The highest BCUT2D eigenvalue weighted by molar-refractivity contribution is 6.30. The molecule has 0 fully saturated rings. The Balaban J connectivity index is 1.90. The summed E-state index contributed by atoms with van der Waals surface area (Å²) in [6, 6.07) is 14.8.